The average molecular weight is 284 g/mol. The Morgan fingerprint density at radius 2 is 1.90 bits per heavy atom. The van der Waals surface area contributed by atoms with Crippen LogP contribution < -0.4 is 5.32 Å². The Balaban J connectivity index is 3.65. The maximum absolute atomic E-state index is 13.0. The Bertz CT molecular complexity index is 539. The number of nitrogens with one attached hydrogen (secondary N) is 1. The van der Waals surface area contributed by atoms with Crippen molar-refractivity contribution in [3.8, 4) is 0 Å². The molecule has 5 heteroatoms. The minimum atomic E-state index is -4.38. The van der Waals surface area contributed by atoms with E-state index >= 15 is 0 Å². The predicted molar refractivity (Wildman–Crippen MR) is 77.4 cm³/mol. The van der Waals surface area contributed by atoms with E-state index in [9.17, 15) is 13.2 Å². The van der Waals surface area contributed by atoms with Crippen molar-refractivity contribution in [2.24, 2.45) is 4.99 Å². The summed E-state index contributed by atoms with van der Waals surface area (Å²) in [5.74, 6) is 0. The van der Waals surface area contributed by atoms with E-state index in [1.54, 1.807) is 7.05 Å². The topological polar surface area (TPSA) is 24.4 Å². The van der Waals surface area contributed by atoms with Crippen LogP contribution in [0.5, 0.6) is 0 Å². The molecule has 0 heterocycles. The van der Waals surface area contributed by atoms with Crippen LogP contribution >= 0.6 is 0 Å². The first-order chi connectivity index (χ1) is 9.20. The standard InChI is InChI=1S/C15H19F3N2/c1-6-11-7-12(15(16,17)18)8-13(10(4)19-5)14(11)20-9(2)3/h7-8,19H,4,6H2,1-3,5H3. The third-order valence-corrected chi connectivity index (χ3v) is 2.86. The summed E-state index contributed by atoms with van der Waals surface area (Å²) in [5, 5.41) is 2.79. The molecule has 0 saturated carbocycles. The zero-order valence-corrected chi connectivity index (χ0v) is 12.2. The summed E-state index contributed by atoms with van der Waals surface area (Å²) in [6.07, 6.45) is -3.91. The second kappa shape index (κ2) is 6.11. The highest BCUT2D eigenvalue weighted by molar-refractivity contribution is 5.86. The molecule has 0 saturated heterocycles. The Morgan fingerprint density at radius 3 is 2.30 bits per heavy atom. The van der Waals surface area contributed by atoms with Crippen molar-refractivity contribution in [2.45, 2.75) is 33.4 Å². The van der Waals surface area contributed by atoms with Gasteiger partial charge in [-0.2, -0.15) is 13.2 Å². The van der Waals surface area contributed by atoms with Gasteiger partial charge in [-0.05, 0) is 38.0 Å². The van der Waals surface area contributed by atoms with E-state index < -0.39 is 11.7 Å². The minimum absolute atomic E-state index is 0.389. The molecule has 110 valence electrons. The zero-order valence-electron chi connectivity index (χ0n) is 12.2. The van der Waals surface area contributed by atoms with E-state index in [1.807, 2.05) is 20.8 Å². The molecule has 1 N–H and O–H groups in total. The van der Waals surface area contributed by atoms with Gasteiger partial charge in [0.2, 0.25) is 0 Å². The van der Waals surface area contributed by atoms with Gasteiger partial charge in [-0.15, -0.1) is 0 Å². The fraction of sp³-hybridized carbons (Fsp3) is 0.400. The van der Waals surface area contributed by atoms with Crippen LogP contribution in [-0.2, 0) is 12.6 Å². The van der Waals surface area contributed by atoms with Crippen molar-refractivity contribution in [3.05, 3.63) is 35.4 Å². The zero-order chi connectivity index (χ0) is 15.5. The van der Waals surface area contributed by atoms with Gasteiger partial charge in [0.25, 0.3) is 0 Å². The number of rotatable bonds is 4. The Hall–Kier alpha value is -1.78. The lowest BCUT2D eigenvalue weighted by molar-refractivity contribution is -0.137. The fourth-order valence-electron chi connectivity index (χ4n) is 1.85. The molecular formula is C15H19F3N2. The van der Waals surface area contributed by atoms with Gasteiger partial charge >= 0.3 is 6.18 Å². The van der Waals surface area contributed by atoms with Crippen LogP contribution in [0.2, 0.25) is 0 Å². The molecule has 0 aliphatic carbocycles. The van der Waals surface area contributed by atoms with Crippen LogP contribution in [0.15, 0.2) is 23.7 Å². The molecule has 0 unspecified atom stereocenters. The van der Waals surface area contributed by atoms with Crippen molar-refractivity contribution in [3.63, 3.8) is 0 Å². The molecule has 0 aliphatic heterocycles. The number of alkyl halides is 3. The third kappa shape index (κ3) is 3.62. The number of halogens is 3. The molecule has 1 aromatic carbocycles. The second-order valence-electron chi connectivity index (χ2n) is 4.67. The summed E-state index contributed by atoms with van der Waals surface area (Å²) in [5.41, 5.74) is 2.04. The normalized spacial score (nSPS) is 11.2. The van der Waals surface area contributed by atoms with Crippen LogP contribution in [-0.4, -0.2) is 12.8 Å². The highest BCUT2D eigenvalue weighted by Gasteiger charge is 2.32. The molecule has 20 heavy (non-hydrogen) atoms. The number of benzene rings is 1. The van der Waals surface area contributed by atoms with Crippen LogP contribution in [0.1, 0.15) is 37.5 Å². The van der Waals surface area contributed by atoms with E-state index in [4.69, 9.17) is 0 Å². The minimum Gasteiger partial charge on any atom is -0.388 e. The molecule has 0 spiro atoms. The number of hydrogen-bond acceptors (Lipinski definition) is 2. The molecule has 0 radical (unpaired) electrons. The molecule has 1 rings (SSSR count). The first-order valence-corrected chi connectivity index (χ1v) is 6.33. The number of nitrogens with zero attached hydrogens (tertiary/aromatic N) is 1. The van der Waals surface area contributed by atoms with Gasteiger partial charge in [-0.25, -0.2) is 0 Å². The van der Waals surface area contributed by atoms with E-state index in [1.165, 1.54) is 0 Å². The average Bonchev–Trinajstić information content (AvgIpc) is 2.35. The van der Waals surface area contributed by atoms with E-state index in [0.29, 0.717) is 28.9 Å². The first-order valence-electron chi connectivity index (χ1n) is 6.33. The van der Waals surface area contributed by atoms with Gasteiger partial charge in [-0.3, -0.25) is 4.99 Å². The van der Waals surface area contributed by atoms with Gasteiger partial charge in [-0.1, -0.05) is 13.5 Å². The summed E-state index contributed by atoms with van der Waals surface area (Å²) >= 11 is 0. The highest BCUT2D eigenvalue weighted by Crippen LogP contribution is 2.37. The quantitative estimate of drug-likeness (QED) is 0.805. The molecule has 1 aromatic rings. The molecule has 0 aliphatic rings. The van der Waals surface area contributed by atoms with Crippen LogP contribution in [0.25, 0.3) is 5.70 Å². The highest BCUT2D eigenvalue weighted by atomic mass is 19.4. The smallest absolute Gasteiger partial charge is 0.388 e. The Kier molecular flexibility index (Phi) is 4.98. The first kappa shape index (κ1) is 16.3. The second-order valence-corrected chi connectivity index (χ2v) is 4.67. The van der Waals surface area contributed by atoms with Crippen molar-refractivity contribution in [1.82, 2.24) is 5.32 Å². The largest absolute Gasteiger partial charge is 0.416 e. The monoisotopic (exact) mass is 284 g/mol. The van der Waals surface area contributed by atoms with Crippen LogP contribution in [0, 0.1) is 0 Å². The number of aryl methyl sites for hydroxylation is 1. The molecule has 0 fully saturated rings. The van der Waals surface area contributed by atoms with Gasteiger partial charge in [0.1, 0.15) is 0 Å². The van der Waals surface area contributed by atoms with Crippen LogP contribution in [0.3, 0.4) is 0 Å². The maximum Gasteiger partial charge on any atom is 0.416 e. The fourth-order valence-corrected chi connectivity index (χ4v) is 1.85. The molecule has 0 bridgehead atoms. The third-order valence-electron chi connectivity index (χ3n) is 2.86. The summed E-state index contributed by atoms with van der Waals surface area (Å²) in [6.45, 7) is 9.19. The van der Waals surface area contributed by atoms with Crippen molar-refractivity contribution in [2.75, 3.05) is 7.05 Å². The molecule has 0 amide bonds. The van der Waals surface area contributed by atoms with Gasteiger partial charge < -0.3 is 5.32 Å². The van der Waals surface area contributed by atoms with Crippen molar-refractivity contribution >= 4 is 17.1 Å². The number of hydrogen-bond donors (Lipinski definition) is 1. The molecule has 0 aromatic heterocycles. The lowest BCUT2D eigenvalue weighted by Crippen LogP contribution is -2.10. The van der Waals surface area contributed by atoms with Gasteiger partial charge in [0, 0.05) is 24.0 Å². The maximum atomic E-state index is 13.0. The van der Waals surface area contributed by atoms with Crippen molar-refractivity contribution < 1.29 is 13.2 Å². The van der Waals surface area contributed by atoms with Gasteiger partial charge in [0.15, 0.2) is 0 Å². The summed E-state index contributed by atoms with van der Waals surface area (Å²) in [6, 6.07) is 2.26. The van der Waals surface area contributed by atoms with E-state index in [2.05, 4.69) is 16.9 Å². The summed E-state index contributed by atoms with van der Waals surface area (Å²) in [4.78, 5) is 4.37. The summed E-state index contributed by atoms with van der Waals surface area (Å²) in [7, 11) is 1.63. The SMILES string of the molecule is C=C(NC)c1cc(C(F)(F)F)cc(CC)c1N=C(C)C. The molecule has 0 atom stereocenters. The summed E-state index contributed by atoms with van der Waals surface area (Å²) < 4.78 is 38.9. The van der Waals surface area contributed by atoms with Crippen molar-refractivity contribution in [1.29, 1.82) is 0 Å². The lowest BCUT2D eigenvalue weighted by atomic mass is 9.98. The van der Waals surface area contributed by atoms with Crippen LogP contribution in [0.4, 0.5) is 18.9 Å². The molecule has 2 nitrogen and oxygen atoms in total. The Labute approximate surface area is 117 Å². The molecular weight excluding hydrogens is 265 g/mol. The predicted octanol–water partition coefficient (Wildman–Crippen LogP) is 4.57. The lowest BCUT2D eigenvalue weighted by Gasteiger charge is -2.17. The van der Waals surface area contributed by atoms with E-state index in [-0.39, 0.29) is 0 Å². The van der Waals surface area contributed by atoms with Gasteiger partial charge in [0.05, 0.1) is 11.3 Å². The Morgan fingerprint density at radius 1 is 1.30 bits per heavy atom. The number of aliphatic imine (C=N–C) groups is 1. The van der Waals surface area contributed by atoms with E-state index in [0.717, 1.165) is 17.8 Å².